The van der Waals surface area contributed by atoms with Crippen LogP contribution in [0.15, 0.2) is 18.2 Å². The molecule has 0 aliphatic rings. The molecule has 0 aliphatic heterocycles. The Morgan fingerprint density at radius 1 is 1.08 bits per heavy atom. The van der Waals surface area contributed by atoms with Crippen LogP contribution in [0.2, 0.25) is 0 Å². The van der Waals surface area contributed by atoms with Gasteiger partial charge >= 0.3 is 0 Å². The quantitative estimate of drug-likeness (QED) is 0.646. The molecule has 1 aromatic rings. The molecular weight excluding hydrogens is 175 g/mol. The van der Waals surface area contributed by atoms with Gasteiger partial charge in [-0.1, -0.05) is 44.9 Å². The van der Waals surface area contributed by atoms with Crippen molar-refractivity contribution in [2.75, 3.05) is 0 Å². The number of hydrogen-bond donors (Lipinski definition) is 0. The van der Waals surface area contributed by atoms with Gasteiger partial charge in [0.05, 0.1) is 0 Å². The van der Waals surface area contributed by atoms with Gasteiger partial charge in [-0.25, -0.2) is 0 Å². The van der Waals surface area contributed by atoms with Gasteiger partial charge in [-0.05, 0) is 29.3 Å². The van der Waals surface area contributed by atoms with Crippen molar-refractivity contribution in [2.24, 2.45) is 0 Å². The van der Waals surface area contributed by atoms with Gasteiger partial charge in [0.15, 0.2) is 0 Å². The third kappa shape index (κ3) is 2.81. The third-order valence-electron chi connectivity index (χ3n) is 2.33. The summed E-state index contributed by atoms with van der Waals surface area (Å²) in [7, 11) is 2.84. The van der Waals surface area contributed by atoms with Crippen LogP contribution >= 0.6 is 9.24 Å². The summed E-state index contributed by atoms with van der Waals surface area (Å²) in [5, 5.41) is 1.38. The smallest absolute Gasteiger partial charge is 0.0268 e. The predicted octanol–water partition coefficient (Wildman–Crippen LogP) is 3.09. The highest BCUT2D eigenvalue weighted by atomic mass is 31.0. The van der Waals surface area contributed by atoms with Gasteiger partial charge in [0.25, 0.3) is 0 Å². The summed E-state index contributed by atoms with van der Waals surface area (Å²) in [6, 6.07) is 6.61. The van der Waals surface area contributed by atoms with Crippen LogP contribution in [0.3, 0.4) is 0 Å². The van der Waals surface area contributed by atoms with E-state index in [0.29, 0.717) is 0 Å². The molecule has 0 fully saturated rings. The molecule has 0 aromatic heterocycles. The SMILES string of the molecule is CCCc1cccc(P)c1CCC. The molecule has 0 bridgehead atoms. The van der Waals surface area contributed by atoms with Crippen molar-refractivity contribution in [1.29, 1.82) is 0 Å². The molecule has 0 heterocycles. The Balaban J connectivity index is 2.95. The summed E-state index contributed by atoms with van der Waals surface area (Å²) in [5.41, 5.74) is 3.09. The predicted molar refractivity (Wildman–Crippen MR) is 63.8 cm³/mol. The van der Waals surface area contributed by atoms with Crippen LogP contribution in [0.1, 0.15) is 37.8 Å². The topological polar surface area (TPSA) is 0 Å². The van der Waals surface area contributed by atoms with Crippen molar-refractivity contribution in [3.63, 3.8) is 0 Å². The van der Waals surface area contributed by atoms with Gasteiger partial charge < -0.3 is 0 Å². The maximum Gasteiger partial charge on any atom is -0.0268 e. The van der Waals surface area contributed by atoms with Crippen LogP contribution < -0.4 is 5.30 Å². The fraction of sp³-hybridized carbons (Fsp3) is 0.500. The Hall–Kier alpha value is -0.350. The maximum absolute atomic E-state index is 2.84. The van der Waals surface area contributed by atoms with Crippen LogP contribution in [-0.4, -0.2) is 0 Å². The minimum Gasteiger partial charge on any atom is -0.105 e. The van der Waals surface area contributed by atoms with Crippen LogP contribution in [0.25, 0.3) is 0 Å². The lowest BCUT2D eigenvalue weighted by Gasteiger charge is -2.10. The van der Waals surface area contributed by atoms with Gasteiger partial charge in [-0.15, -0.1) is 9.24 Å². The molecular formula is C12H19P. The lowest BCUT2D eigenvalue weighted by atomic mass is 10.00. The maximum atomic E-state index is 2.84. The first-order chi connectivity index (χ1) is 6.29. The zero-order valence-electron chi connectivity index (χ0n) is 8.64. The number of hydrogen-bond acceptors (Lipinski definition) is 0. The molecule has 0 aliphatic carbocycles. The van der Waals surface area contributed by atoms with Crippen molar-refractivity contribution < 1.29 is 0 Å². The molecule has 0 amide bonds. The Kier molecular flexibility index (Phi) is 4.45. The summed E-state index contributed by atoms with van der Waals surface area (Å²) in [4.78, 5) is 0. The Bertz CT molecular complexity index is 266. The second-order valence-corrected chi connectivity index (χ2v) is 4.11. The van der Waals surface area contributed by atoms with Crippen LogP contribution in [0.4, 0.5) is 0 Å². The van der Waals surface area contributed by atoms with E-state index in [4.69, 9.17) is 0 Å². The number of benzene rings is 1. The lowest BCUT2D eigenvalue weighted by molar-refractivity contribution is 0.866. The van der Waals surface area contributed by atoms with Gasteiger partial charge in [0.1, 0.15) is 0 Å². The summed E-state index contributed by atoms with van der Waals surface area (Å²) >= 11 is 0. The first kappa shape index (κ1) is 10.7. The molecule has 1 aromatic carbocycles. The van der Waals surface area contributed by atoms with Crippen LogP contribution in [0, 0.1) is 0 Å². The highest BCUT2D eigenvalue weighted by Crippen LogP contribution is 2.13. The highest BCUT2D eigenvalue weighted by molar-refractivity contribution is 7.27. The summed E-state index contributed by atoms with van der Waals surface area (Å²) in [5.74, 6) is 0. The number of aryl methyl sites for hydroxylation is 1. The van der Waals surface area contributed by atoms with Crippen molar-refractivity contribution >= 4 is 14.5 Å². The average molecular weight is 194 g/mol. The summed E-state index contributed by atoms with van der Waals surface area (Å²) in [6.45, 7) is 4.48. The molecule has 1 heteroatoms. The standard InChI is InChI=1S/C12H19P/c1-3-6-10-8-5-9-12(13)11(10)7-4-2/h5,8-9H,3-4,6-7,13H2,1-2H3. The van der Waals surface area contributed by atoms with E-state index in [1.165, 1.54) is 36.6 Å². The van der Waals surface area contributed by atoms with E-state index < -0.39 is 0 Å². The second kappa shape index (κ2) is 5.40. The molecule has 1 unspecified atom stereocenters. The molecule has 0 spiro atoms. The average Bonchev–Trinajstić information content (AvgIpc) is 2.11. The fourth-order valence-corrected chi connectivity index (χ4v) is 2.15. The molecule has 13 heavy (non-hydrogen) atoms. The highest BCUT2D eigenvalue weighted by Gasteiger charge is 2.02. The van der Waals surface area contributed by atoms with Gasteiger partial charge in [-0.3, -0.25) is 0 Å². The van der Waals surface area contributed by atoms with Crippen LogP contribution in [0.5, 0.6) is 0 Å². The molecule has 0 saturated heterocycles. The van der Waals surface area contributed by atoms with E-state index in [2.05, 4.69) is 41.3 Å². The minimum atomic E-state index is 1.22. The third-order valence-corrected chi connectivity index (χ3v) is 2.87. The zero-order chi connectivity index (χ0) is 9.68. The van der Waals surface area contributed by atoms with E-state index in [1.807, 2.05) is 0 Å². The fourth-order valence-electron chi connectivity index (χ4n) is 1.71. The largest absolute Gasteiger partial charge is 0.105 e. The van der Waals surface area contributed by atoms with E-state index in [-0.39, 0.29) is 0 Å². The van der Waals surface area contributed by atoms with Crippen molar-refractivity contribution in [3.05, 3.63) is 29.3 Å². The van der Waals surface area contributed by atoms with Crippen LogP contribution in [-0.2, 0) is 12.8 Å². The van der Waals surface area contributed by atoms with Gasteiger partial charge in [0, 0.05) is 0 Å². The Morgan fingerprint density at radius 3 is 2.38 bits per heavy atom. The first-order valence-electron chi connectivity index (χ1n) is 5.15. The lowest BCUT2D eigenvalue weighted by Crippen LogP contribution is -2.06. The Morgan fingerprint density at radius 2 is 1.77 bits per heavy atom. The normalized spacial score (nSPS) is 10.4. The van der Waals surface area contributed by atoms with Crippen molar-refractivity contribution in [1.82, 2.24) is 0 Å². The monoisotopic (exact) mass is 194 g/mol. The molecule has 0 radical (unpaired) electrons. The van der Waals surface area contributed by atoms with Gasteiger partial charge in [-0.2, -0.15) is 0 Å². The van der Waals surface area contributed by atoms with Crippen molar-refractivity contribution in [3.8, 4) is 0 Å². The number of rotatable bonds is 4. The zero-order valence-corrected chi connectivity index (χ0v) is 9.79. The summed E-state index contributed by atoms with van der Waals surface area (Å²) < 4.78 is 0. The van der Waals surface area contributed by atoms with E-state index >= 15 is 0 Å². The summed E-state index contributed by atoms with van der Waals surface area (Å²) in [6.07, 6.45) is 4.92. The van der Waals surface area contributed by atoms with E-state index in [9.17, 15) is 0 Å². The molecule has 1 atom stereocenters. The van der Waals surface area contributed by atoms with Crippen molar-refractivity contribution in [2.45, 2.75) is 39.5 Å². The molecule has 72 valence electrons. The molecule has 0 nitrogen and oxygen atoms in total. The first-order valence-corrected chi connectivity index (χ1v) is 5.73. The van der Waals surface area contributed by atoms with Gasteiger partial charge in [0.2, 0.25) is 0 Å². The minimum absolute atomic E-state index is 1.22. The molecule has 0 saturated carbocycles. The second-order valence-electron chi connectivity index (χ2n) is 3.48. The molecule has 0 N–H and O–H groups in total. The Labute approximate surface area is 84.0 Å². The molecule has 1 rings (SSSR count). The van der Waals surface area contributed by atoms with E-state index in [1.54, 1.807) is 5.56 Å². The van der Waals surface area contributed by atoms with E-state index in [0.717, 1.165) is 0 Å².